The Balaban J connectivity index is 1.76. The molecule has 1 aliphatic heterocycles. The van der Waals surface area contributed by atoms with Crippen LogP contribution in [0.5, 0.6) is 0 Å². The van der Waals surface area contributed by atoms with Crippen LogP contribution in [0.15, 0.2) is 24.3 Å². The second kappa shape index (κ2) is 7.00. The molecule has 6 nitrogen and oxygen atoms in total. The lowest BCUT2D eigenvalue weighted by molar-refractivity contribution is -0.142. The number of hydrogen-bond acceptors (Lipinski definition) is 5. The van der Waals surface area contributed by atoms with Gasteiger partial charge in [0.1, 0.15) is 5.82 Å². The number of nitrogens with zero attached hydrogens (tertiary/aromatic N) is 3. The number of piperidine rings is 1. The van der Waals surface area contributed by atoms with Crippen molar-refractivity contribution in [1.29, 1.82) is 0 Å². The Morgan fingerprint density at radius 1 is 1.20 bits per heavy atom. The first-order valence-electron chi connectivity index (χ1n) is 7.98. The molecule has 1 fully saturated rings. The largest absolute Gasteiger partial charge is 0.481 e. The topological polar surface area (TPSA) is 78.4 Å². The number of hydrogen-bond donors (Lipinski definition) is 2. The van der Waals surface area contributed by atoms with Crippen LogP contribution in [0.4, 0.5) is 26.2 Å². The summed E-state index contributed by atoms with van der Waals surface area (Å²) < 4.78 is 26.3. The SMILES string of the molecule is Cc1cc(N2CCC(C(=O)O)CC2)nc(Nc2ccc(F)c(F)c2)n1. The van der Waals surface area contributed by atoms with E-state index in [1.54, 1.807) is 0 Å². The molecular formula is C17H18F2N4O2. The molecule has 0 radical (unpaired) electrons. The number of aliphatic carboxylic acids is 1. The van der Waals surface area contributed by atoms with Crippen LogP contribution in [-0.2, 0) is 4.79 Å². The first kappa shape index (κ1) is 17.1. The third-order valence-electron chi connectivity index (χ3n) is 4.18. The van der Waals surface area contributed by atoms with Crippen molar-refractivity contribution < 1.29 is 18.7 Å². The summed E-state index contributed by atoms with van der Waals surface area (Å²) in [6, 6.07) is 5.30. The summed E-state index contributed by atoms with van der Waals surface area (Å²) in [6.45, 7) is 3.00. The predicted octanol–water partition coefficient (Wildman–Crippen LogP) is 3.11. The standard InChI is InChI=1S/C17H18F2N4O2/c1-10-8-15(23-6-4-11(5-7-23)16(24)25)22-17(20-10)21-12-2-3-13(18)14(19)9-12/h2-3,8-9,11H,4-7H2,1H3,(H,24,25)(H,20,21,22). The van der Waals surface area contributed by atoms with E-state index in [1.807, 2.05) is 17.9 Å². The third kappa shape index (κ3) is 4.01. The number of halogens is 2. The molecule has 3 rings (SSSR count). The Kier molecular flexibility index (Phi) is 4.78. The van der Waals surface area contributed by atoms with E-state index in [0.717, 1.165) is 17.8 Å². The smallest absolute Gasteiger partial charge is 0.306 e. The number of anilines is 3. The predicted molar refractivity (Wildman–Crippen MR) is 89.0 cm³/mol. The van der Waals surface area contributed by atoms with Crippen molar-refractivity contribution in [3.05, 3.63) is 41.6 Å². The Morgan fingerprint density at radius 3 is 2.56 bits per heavy atom. The zero-order valence-corrected chi connectivity index (χ0v) is 13.7. The van der Waals surface area contributed by atoms with E-state index in [2.05, 4.69) is 15.3 Å². The molecule has 0 spiro atoms. The highest BCUT2D eigenvalue weighted by molar-refractivity contribution is 5.70. The van der Waals surface area contributed by atoms with E-state index in [1.165, 1.54) is 6.07 Å². The van der Waals surface area contributed by atoms with Gasteiger partial charge in [-0.15, -0.1) is 0 Å². The highest BCUT2D eigenvalue weighted by Crippen LogP contribution is 2.24. The van der Waals surface area contributed by atoms with E-state index in [4.69, 9.17) is 5.11 Å². The van der Waals surface area contributed by atoms with E-state index in [-0.39, 0.29) is 11.9 Å². The molecule has 25 heavy (non-hydrogen) atoms. The number of rotatable bonds is 4. The van der Waals surface area contributed by atoms with Gasteiger partial charge in [-0.2, -0.15) is 4.98 Å². The number of aryl methyl sites for hydroxylation is 1. The van der Waals surface area contributed by atoms with Crippen molar-refractivity contribution >= 4 is 23.4 Å². The van der Waals surface area contributed by atoms with Crippen molar-refractivity contribution in [2.24, 2.45) is 5.92 Å². The third-order valence-corrected chi connectivity index (χ3v) is 4.18. The molecule has 0 atom stereocenters. The molecule has 1 saturated heterocycles. The molecule has 0 unspecified atom stereocenters. The summed E-state index contributed by atoms with van der Waals surface area (Å²) in [7, 11) is 0. The van der Waals surface area contributed by atoms with E-state index < -0.39 is 17.6 Å². The summed E-state index contributed by atoms with van der Waals surface area (Å²) in [5.74, 6) is -1.99. The lowest BCUT2D eigenvalue weighted by Crippen LogP contribution is -2.36. The number of nitrogens with one attached hydrogen (secondary N) is 1. The molecule has 0 bridgehead atoms. The van der Waals surface area contributed by atoms with E-state index in [0.29, 0.717) is 37.4 Å². The van der Waals surface area contributed by atoms with Gasteiger partial charge in [0.15, 0.2) is 11.6 Å². The molecule has 1 aromatic heterocycles. The zero-order chi connectivity index (χ0) is 18.0. The fourth-order valence-electron chi connectivity index (χ4n) is 2.83. The van der Waals surface area contributed by atoms with Crippen molar-refractivity contribution in [2.45, 2.75) is 19.8 Å². The van der Waals surface area contributed by atoms with Gasteiger partial charge >= 0.3 is 5.97 Å². The molecule has 1 aromatic carbocycles. The first-order valence-corrected chi connectivity index (χ1v) is 7.98. The fourth-order valence-corrected chi connectivity index (χ4v) is 2.83. The highest BCUT2D eigenvalue weighted by Gasteiger charge is 2.25. The second-order valence-corrected chi connectivity index (χ2v) is 6.04. The minimum Gasteiger partial charge on any atom is -0.481 e. The normalized spacial score (nSPS) is 15.2. The van der Waals surface area contributed by atoms with Gasteiger partial charge in [-0.3, -0.25) is 4.79 Å². The number of carboxylic acids is 1. The molecule has 1 aliphatic rings. The minimum absolute atomic E-state index is 0.279. The van der Waals surface area contributed by atoms with Gasteiger partial charge in [0, 0.05) is 36.6 Å². The Bertz CT molecular complexity index is 792. The summed E-state index contributed by atoms with van der Waals surface area (Å²) in [4.78, 5) is 21.7. The monoisotopic (exact) mass is 348 g/mol. The van der Waals surface area contributed by atoms with Crippen molar-refractivity contribution in [1.82, 2.24) is 9.97 Å². The van der Waals surface area contributed by atoms with Gasteiger partial charge in [0.25, 0.3) is 0 Å². The van der Waals surface area contributed by atoms with Gasteiger partial charge < -0.3 is 15.3 Å². The second-order valence-electron chi connectivity index (χ2n) is 6.04. The lowest BCUT2D eigenvalue weighted by Gasteiger charge is -2.31. The molecule has 132 valence electrons. The van der Waals surface area contributed by atoms with Crippen LogP contribution < -0.4 is 10.2 Å². The summed E-state index contributed by atoms with van der Waals surface area (Å²) in [5, 5.41) is 11.9. The van der Waals surface area contributed by atoms with Crippen molar-refractivity contribution in [3.63, 3.8) is 0 Å². The quantitative estimate of drug-likeness (QED) is 0.884. The van der Waals surface area contributed by atoms with Crippen LogP contribution in [-0.4, -0.2) is 34.1 Å². The maximum Gasteiger partial charge on any atom is 0.306 e. The van der Waals surface area contributed by atoms with Gasteiger partial charge in [-0.1, -0.05) is 0 Å². The summed E-state index contributed by atoms with van der Waals surface area (Å²) in [5.41, 5.74) is 1.07. The number of aromatic nitrogens is 2. The van der Waals surface area contributed by atoms with Crippen LogP contribution in [0.1, 0.15) is 18.5 Å². The molecular weight excluding hydrogens is 330 g/mol. The Labute approximate surface area is 143 Å². The van der Waals surface area contributed by atoms with Crippen LogP contribution >= 0.6 is 0 Å². The van der Waals surface area contributed by atoms with Gasteiger partial charge in [-0.05, 0) is 31.9 Å². The number of benzene rings is 1. The summed E-state index contributed by atoms with van der Waals surface area (Å²) in [6.07, 6.45) is 1.12. The molecule has 0 amide bonds. The molecule has 0 aliphatic carbocycles. The molecule has 8 heteroatoms. The molecule has 2 N–H and O–H groups in total. The zero-order valence-electron chi connectivity index (χ0n) is 13.7. The number of carbonyl (C=O) groups is 1. The van der Waals surface area contributed by atoms with E-state index in [9.17, 15) is 13.6 Å². The maximum atomic E-state index is 13.3. The van der Waals surface area contributed by atoms with Crippen LogP contribution in [0.25, 0.3) is 0 Å². The Morgan fingerprint density at radius 2 is 1.92 bits per heavy atom. The lowest BCUT2D eigenvalue weighted by atomic mass is 9.97. The van der Waals surface area contributed by atoms with Crippen LogP contribution in [0, 0.1) is 24.5 Å². The molecule has 2 heterocycles. The van der Waals surface area contributed by atoms with Crippen molar-refractivity contribution in [3.8, 4) is 0 Å². The van der Waals surface area contributed by atoms with Gasteiger partial charge in [-0.25, -0.2) is 13.8 Å². The van der Waals surface area contributed by atoms with Gasteiger partial charge in [0.05, 0.1) is 5.92 Å². The molecule has 2 aromatic rings. The minimum atomic E-state index is -0.950. The van der Waals surface area contributed by atoms with Gasteiger partial charge in [0.2, 0.25) is 5.95 Å². The van der Waals surface area contributed by atoms with Crippen molar-refractivity contribution in [2.75, 3.05) is 23.3 Å². The average molecular weight is 348 g/mol. The first-order chi connectivity index (χ1) is 11.9. The fraction of sp³-hybridized carbons (Fsp3) is 0.353. The average Bonchev–Trinajstić information content (AvgIpc) is 2.58. The molecule has 0 saturated carbocycles. The number of carboxylic acid groups (broad SMARTS) is 1. The van der Waals surface area contributed by atoms with Crippen LogP contribution in [0.3, 0.4) is 0 Å². The summed E-state index contributed by atoms with van der Waals surface area (Å²) >= 11 is 0. The van der Waals surface area contributed by atoms with E-state index >= 15 is 0 Å². The Hall–Kier alpha value is -2.77. The highest BCUT2D eigenvalue weighted by atomic mass is 19.2. The van der Waals surface area contributed by atoms with Crippen LogP contribution in [0.2, 0.25) is 0 Å². The maximum absolute atomic E-state index is 13.3.